The summed E-state index contributed by atoms with van der Waals surface area (Å²) in [4.78, 5) is 4.36. The first kappa shape index (κ1) is 10.5. The molecule has 80 valence electrons. The molecule has 0 N–H and O–H groups in total. The normalized spacial score (nSPS) is 11.1. The molecule has 15 heavy (non-hydrogen) atoms. The Balaban J connectivity index is 2.21. The van der Waals surface area contributed by atoms with Crippen LogP contribution >= 0.6 is 11.6 Å². The van der Waals surface area contributed by atoms with E-state index in [4.69, 9.17) is 16.3 Å². The molecule has 0 aliphatic carbocycles. The van der Waals surface area contributed by atoms with Gasteiger partial charge in [0.25, 0.3) is 0 Å². The first-order chi connectivity index (χ1) is 7.31. The highest BCUT2D eigenvalue weighted by Crippen LogP contribution is 2.14. The van der Waals surface area contributed by atoms with Gasteiger partial charge in [-0.1, -0.05) is 11.6 Å². The molecule has 0 aromatic carbocycles. The number of rotatable bonds is 4. The molecular formula is C11H13ClN2O. The van der Waals surface area contributed by atoms with Crippen molar-refractivity contribution in [3.8, 4) is 0 Å². The average Bonchev–Trinajstić information content (AvgIpc) is 2.61. The van der Waals surface area contributed by atoms with Gasteiger partial charge in [-0.05, 0) is 18.6 Å². The third-order valence-corrected chi connectivity index (χ3v) is 2.55. The Morgan fingerprint density at radius 1 is 1.53 bits per heavy atom. The van der Waals surface area contributed by atoms with Crippen molar-refractivity contribution in [1.82, 2.24) is 9.38 Å². The van der Waals surface area contributed by atoms with E-state index in [0.29, 0.717) is 0 Å². The Hall–Kier alpha value is -1.06. The predicted octanol–water partition coefficient (Wildman–Crippen LogP) is 2.57. The van der Waals surface area contributed by atoms with Crippen molar-refractivity contribution in [2.45, 2.75) is 12.8 Å². The number of nitrogens with zero attached hydrogens (tertiary/aromatic N) is 2. The molecule has 3 nitrogen and oxygen atoms in total. The number of aromatic nitrogens is 2. The van der Waals surface area contributed by atoms with Gasteiger partial charge in [0, 0.05) is 31.4 Å². The maximum atomic E-state index is 5.89. The maximum Gasteiger partial charge on any atom is 0.113 e. The van der Waals surface area contributed by atoms with Crippen LogP contribution in [0.15, 0.2) is 24.5 Å². The predicted molar refractivity (Wildman–Crippen MR) is 60.4 cm³/mol. The first-order valence-corrected chi connectivity index (χ1v) is 5.29. The van der Waals surface area contributed by atoms with Gasteiger partial charge in [-0.3, -0.25) is 0 Å². The van der Waals surface area contributed by atoms with E-state index < -0.39 is 0 Å². The molecule has 0 spiro atoms. The number of ether oxygens (including phenoxy) is 1. The smallest absolute Gasteiger partial charge is 0.113 e. The average molecular weight is 225 g/mol. The van der Waals surface area contributed by atoms with E-state index >= 15 is 0 Å². The highest BCUT2D eigenvalue weighted by Gasteiger charge is 2.03. The number of halogens is 1. The van der Waals surface area contributed by atoms with E-state index in [1.54, 1.807) is 7.11 Å². The molecule has 2 rings (SSSR count). The molecule has 0 bridgehead atoms. The monoisotopic (exact) mass is 224 g/mol. The van der Waals surface area contributed by atoms with Gasteiger partial charge < -0.3 is 9.14 Å². The molecule has 2 heterocycles. The van der Waals surface area contributed by atoms with Gasteiger partial charge >= 0.3 is 0 Å². The molecule has 2 aromatic rings. The zero-order valence-corrected chi connectivity index (χ0v) is 9.37. The summed E-state index contributed by atoms with van der Waals surface area (Å²) in [6.07, 6.45) is 5.70. The second kappa shape index (κ2) is 4.64. The molecule has 0 atom stereocenters. The van der Waals surface area contributed by atoms with Crippen LogP contribution in [0.3, 0.4) is 0 Å². The number of pyridine rings is 1. The van der Waals surface area contributed by atoms with E-state index in [9.17, 15) is 0 Å². The summed E-state index contributed by atoms with van der Waals surface area (Å²) in [6.45, 7) is 0.766. The fourth-order valence-electron chi connectivity index (χ4n) is 1.59. The second-order valence-electron chi connectivity index (χ2n) is 3.41. The van der Waals surface area contributed by atoms with Crippen LogP contribution in [0.1, 0.15) is 12.2 Å². The number of aryl methyl sites for hydroxylation is 1. The molecule has 0 amide bonds. The van der Waals surface area contributed by atoms with Crippen LogP contribution in [-0.4, -0.2) is 23.1 Å². The van der Waals surface area contributed by atoms with Crippen molar-refractivity contribution < 1.29 is 4.74 Å². The van der Waals surface area contributed by atoms with Gasteiger partial charge in [-0.2, -0.15) is 0 Å². The zero-order chi connectivity index (χ0) is 10.7. The summed E-state index contributed by atoms with van der Waals surface area (Å²) >= 11 is 5.89. The van der Waals surface area contributed by atoms with Gasteiger partial charge in [0.15, 0.2) is 0 Å². The molecule has 2 aromatic heterocycles. The lowest BCUT2D eigenvalue weighted by Crippen LogP contribution is -1.98. The minimum absolute atomic E-state index is 0.742. The molecule has 0 saturated carbocycles. The number of hydrogen-bond donors (Lipinski definition) is 0. The summed E-state index contributed by atoms with van der Waals surface area (Å²) < 4.78 is 7.07. The number of hydrogen-bond acceptors (Lipinski definition) is 2. The molecule has 0 radical (unpaired) electrons. The Labute approximate surface area is 93.6 Å². The van der Waals surface area contributed by atoms with Gasteiger partial charge in [-0.15, -0.1) is 0 Å². The van der Waals surface area contributed by atoms with E-state index in [-0.39, 0.29) is 0 Å². The fraction of sp³-hybridized carbons (Fsp3) is 0.364. The summed E-state index contributed by atoms with van der Waals surface area (Å²) in [7, 11) is 1.71. The molecule has 0 saturated heterocycles. The Kier molecular flexibility index (Phi) is 3.23. The summed E-state index contributed by atoms with van der Waals surface area (Å²) in [6, 6.07) is 3.78. The SMILES string of the molecule is COCCCc1ncc2cc(Cl)ccn12. The number of fused-ring (bicyclic) bond motifs is 1. The van der Waals surface area contributed by atoms with Gasteiger partial charge in [-0.25, -0.2) is 4.98 Å². The first-order valence-electron chi connectivity index (χ1n) is 4.91. The Morgan fingerprint density at radius 2 is 2.40 bits per heavy atom. The van der Waals surface area contributed by atoms with Crippen molar-refractivity contribution in [3.63, 3.8) is 0 Å². The van der Waals surface area contributed by atoms with Gasteiger partial charge in [0.2, 0.25) is 0 Å². The van der Waals surface area contributed by atoms with Crippen molar-refractivity contribution in [2.75, 3.05) is 13.7 Å². The summed E-state index contributed by atoms with van der Waals surface area (Å²) in [5.74, 6) is 1.05. The van der Waals surface area contributed by atoms with Crippen LogP contribution in [0, 0.1) is 0 Å². The summed E-state index contributed by atoms with van der Waals surface area (Å²) in [5.41, 5.74) is 1.04. The fourth-order valence-corrected chi connectivity index (χ4v) is 1.76. The molecule has 0 aliphatic rings. The minimum Gasteiger partial charge on any atom is -0.385 e. The largest absolute Gasteiger partial charge is 0.385 e. The Morgan fingerprint density at radius 3 is 3.20 bits per heavy atom. The lowest BCUT2D eigenvalue weighted by molar-refractivity contribution is 0.194. The standard InChI is InChI=1S/C11H13ClN2O/c1-15-6-2-3-11-13-8-10-7-9(12)4-5-14(10)11/h4-5,7-8H,2-3,6H2,1H3. The van der Waals surface area contributed by atoms with Crippen LogP contribution in [0.4, 0.5) is 0 Å². The molecular weight excluding hydrogens is 212 g/mol. The zero-order valence-electron chi connectivity index (χ0n) is 8.61. The van der Waals surface area contributed by atoms with E-state index in [0.717, 1.165) is 35.8 Å². The molecule has 4 heteroatoms. The third-order valence-electron chi connectivity index (χ3n) is 2.32. The van der Waals surface area contributed by atoms with E-state index in [2.05, 4.69) is 9.38 Å². The third kappa shape index (κ3) is 2.30. The highest BCUT2D eigenvalue weighted by atomic mass is 35.5. The number of methoxy groups -OCH3 is 1. The van der Waals surface area contributed by atoms with Crippen LogP contribution in [0.2, 0.25) is 5.02 Å². The molecule has 0 unspecified atom stereocenters. The van der Waals surface area contributed by atoms with Gasteiger partial charge in [0.1, 0.15) is 5.82 Å². The van der Waals surface area contributed by atoms with E-state index in [1.165, 1.54) is 0 Å². The Bertz CT molecular complexity index is 453. The number of imidazole rings is 1. The van der Waals surface area contributed by atoms with Crippen molar-refractivity contribution in [3.05, 3.63) is 35.4 Å². The molecule has 0 fully saturated rings. The van der Waals surface area contributed by atoms with Crippen LogP contribution in [-0.2, 0) is 11.2 Å². The molecule has 0 aliphatic heterocycles. The second-order valence-corrected chi connectivity index (χ2v) is 3.85. The lowest BCUT2D eigenvalue weighted by Gasteiger charge is -2.01. The minimum atomic E-state index is 0.742. The maximum absolute atomic E-state index is 5.89. The van der Waals surface area contributed by atoms with Crippen molar-refractivity contribution in [2.24, 2.45) is 0 Å². The van der Waals surface area contributed by atoms with E-state index in [1.807, 2.05) is 24.5 Å². The topological polar surface area (TPSA) is 26.5 Å². The lowest BCUT2D eigenvalue weighted by atomic mass is 10.3. The van der Waals surface area contributed by atoms with Crippen LogP contribution in [0.5, 0.6) is 0 Å². The summed E-state index contributed by atoms with van der Waals surface area (Å²) in [5, 5.41) is 0.742. The van der Waals surface area contributed by atoms with Crippen molar-refractivity contribution >= 4 is 17.1 Å². The quantitative estimate of drug-likeness (QED) is 0.747. The highest BCUT2D eigenvalue weighted by molar-refractivity contribution is 6.30. The van der Waals surface area contributed by atoms with Gasteiger partial charge in [0.05, 0.1) is 11.7 Å². The van der Waals surface area contributed by atoms with Crippen LogP contribution < -0.4 is 0 Å². The van der Waals surface area contributed by atoms with Crippen molar-refractivity contribution in [1.29, 1.82) is 0 Å². The van der Waals surface area contributed by atoms with Crippen LogP contribution in [0.25, 0.3) is 5.52 Å².